The number of amides is 2. The zero-order valence-corrected chi connectivity index (χ0v) is 18.2. The van der Waals surface area contributed by atoms with Crippen LogP contribution < -0.4 is 10.6 Å². The van der Waals surface area contributed by atoms with E-state index in [9.17, 15) is 9.59 Å². The van der Waals surface area contributed by atoms with Crippen molar-refractivity contribution in [3.8, 4) is 0 Å². The largest absolute Gasteiger partial charge is 0.339 e. The predicted molar refractivity (Wildman–Crippen MR) is 121 cm³/mol. The Hall–Kier alpha value is -1.95. The van der Waals surface area contributed by atoms with E-state index in [1.165, 1.54) is 32.1 Å². The van der Waals surface area contributed by atoms with Crippen molar-refractivity contribution in [1.82, 2.24) is 10.2 Å². The molecule has 3 rings (SSSR count). The molecule has 2 aliphatic rings. The SMILES string of the molecule is CC1CCN(C(=O)c2cccc(NC(=S)NC(=O)CCC3CCCCC3)c2)CC1. The van der Waals surface area contributed by atoms with Crippen molar-refractivity contribution < 1.29 is 9.59 Å². The molecule has 6 heteroatoms. The molecule has 0 aromatic heterocycles. The lowest BCUT2D eigenvalue weighted by molar-refractivity contribution is -0.120. The number of benzene rings is 1. The molecule has 1 heterocycles. The minimum Gasteiger partial charge on any atom is -0.339 e. The van der Waals surface area contributed by atoms with Gasteiger partial charge in [-0.15, -0.1) is 0 Å². The second-order valence-corrected chi connectivity index (χ2v) is 9.01. The Kier molecular flexibility index (Phi) is 8.04. The summed E-state index contributed by atoms with van der Waals surface area (Å²) in [6.07, 6.45) is 9.96. The molecule has 2 N–H and O–H groups in total. The topological polar surface area (TPSA) is 61.4 Å². The van der Waals surface area contributed by atoms with Gasteiger partial charge in [0.2, 0.25) is 5.91 Å². The van der Waals surface area contributed by atoms with Crippen molar-refractivity contribution >= 4 is 34.8 Å². The summed E-state index contributed by atoms with van der Waals surface area (Å²) in [6, 6.07) is 7.34. The average molecular weight is 416 g/mol. The Morgan fingerprint density at radius 1 is 1.10 bits per heavy atom. The molecule has 0 radical (unpaired) electrons. The van der Waals surface area contributed by atoms with E-state index in [-0.39, 0.29) is 16.9 Å². The fourth-order valence-corrected chi connectivity index (χ4v) is 4.52. The molecule has 158 valence electrons. The van der Waals surface area contributed by atoms with Crippen LogP contribution in [0.3, 0.4) is 0 Å². The van der Waals surface area contributed by atoms with Gasteiger partial charge in [-0.25, -0.2) is 0 Å². The highest BCUT2D eigenvalue weighted by Crippen LogP contribution is 2.27. The summed E-state index contributed by atoms with van der Waals surface area (Å²) < 4.78 is 0. The third-order valence-electron chi connectivity index (χ3n) is 6.20. The van der Waals surface area contributed by atoms with Crippen LogP contribution in [-0.2, 0) is 4.79 Å². The first kappa shape index (κ1) is 21.8. The van der Waals surface area contributed by atoms with Gasteiger partial charge in [0, 0.05) is 30.8 Å². The van der Waals surface area contributed by atoms with Crippen molar-refractivity contribution in [1.29, 1.82) is 0 Å². The molecule has 0 unspecified atom stereocenters. The number of nitrogens with zero attached hydrogens (tertiary/aromatic N) is 1. The fraction of sp³-hybridized carbons (Fsp3) is 0.609. The maximum Gasteiger partial charge on any atom is 0.253 e. The molecular weight excluding hydrogens is 382 g/mol. The highest BCUT2D eigenvalue weighted by atomic mass is 32.1. The van der Waals surface area contributed by atoms with Crippen LogP contribution in [0.4, 0.5) is 5.69 Å². The van der Waals surface area contributed by atoms with E-state index in [1.54, 1.807) is 6.07 Å². The van der Waals surface area contributed by atoms with E-state index in [0.29, 0.717) is 23.8 Å². The Bertz CT molecular complexity index is 723. The first-order chi connectivity index (χ1) is 14.0. The van der Waals surface area contributed by atoms with Gasteiger partial charge in [-0.3, -0.25) is 9.59 Å². The van der Waals surface area contributed by atoms with Crippen molar-refractivity contribution in [3.05, 3.63) is 29.8 Å². The minimum absolute atomic E-state index is 0.0391. The molecule has 1 aromatic carbocycles. The lowest BCUT2D eigenvalue weighted by Gasteiger charge is -2.30. The molecule has 2 fully saturated rings. The first-order valence-corrected chi connectivity index (χ1v) is 11.4. The van der Waals surface area contributed by atoms with Crippen LogP contribution in [0.2, 0.25) is 0 Å². The molecule has 1 aliphatic heterocycles. The Balaban J connectivity index is 1.46. The zero-order chi connectivity index (χ0) is 20.6. The fourth-order valence-electron chi connectivity index (χ4n) is 4.29. The van der Waals surface area contributed by atoms with E-state index in [0.717, 1.165) is 38.0 Å². The normalized spacial score (nSPS) is 18.3. The molecule has 1 saturated carbocycles. The van der Waals surface area contributed by atoms with Crippen LogP contribution in [-0.4, -0.2) is 34.9 Å². The van der Waals surface area contributed by atoms with Crippen LogP contribution in [0.1, 0.15) is 75.1 Å². The third kappa shape index (κ3) is 6.81. The third-order valence-corrected chi connectivity index (χ3v) is 6.40. The summed E-state index contributed by atoms with van der Waals surface area (Å²) >= 11 is 5.29. The quantitative estimate of drug-likeness (QED) is 0.683. The number of rotatable bonds is 5. The number of nitrogens with one attached hydrogen (secondary N) is 2. The second kappa shape index (κ2) is 10.7. The predicted octanol–water partition coefficient (Wildman–Crippen LogP) is 4.73. The number of carbonyl (C=O) groups is 2. The molecular formula is C23H33N3O2S. The monoisotopic (exact) mass is 415 g/mol. The van der Waals surface area contributed by atoms with Gasteiger partial charge >= 0.3 is 0 Å². The van der Waals surface area contributed by atoms with Crippen LogP contribution >= 0.6 is 12.2 Å². The molecule has 1 aromatic rings. The average Bonchev–Trinajstić information content (AvgIpc) is 2.73. The smallest absolute Gasteiger partial charge is 0.253 e. The summed E-state index contributed by atoms with van der Waals surface area (Å²) in [5, 5.41) is 6.10. The number of likely N-dealkylation sites (tertiary alicyclic amines) is 1. The summed E-state index contributed by atoms with van der Waals surface area (Å²) in [7, 11) is 0. The molecule has 5 nitrogen and oxygen atoms in total. The van der Waals surface area contributed by atoms with Gasteiger partial charge in [-0.2, -0.15) is 0 Å². The van der Waals surface area contributed by atoms with Gasteiger partial charge < -0.3 is 15.5 Å². The standard InChI is InChI=1S/C23H33N3O2S/c1-17-12-14-26(15-13-17)22(28)19-8-5-9-20(16-19)24-23(29)25-21(27)11-10-18-6-3-2-4-7-18/h5,8-9,16-18H,2-4,6-7,10-15H2,1H3,(H2,24,25,27,29). The number of anilines is 1. The summed E-state index contributed by atoms with van der Waals surface area (Å²) in [6.45, 7) is 3.86. The molecule has 0 spiro atoms. The lowest BCUT2D eigenvalue weighted by atomic mass is 9.86. The number of carbonyl (C=O) groups excluding carboxylic acids is 2. The minimum atomic E-state index is -0.0391. The molecule has 29 heavy (non-hydrogen) atoms. The Labute approximate surface area is 179 Å². The molecule has 1 aliphatic carbocycles. The van der Waals surface area contributed by atoms with Crippen molar-refractivity contribution in [2.45, 2.75) is 64.7 Å². The van der Waals surface area contributed by atoms with Gasteiger partial charge in [0.15, 0.2) is 5.11 Å². The van der Waals surface area contributed by atoms with E-state index in [2.05, 4.69) is 17.6 Å². The van der Waals surface area contributed by atoms with Crippen LogP contribution in [0, 0.1) is 11.8 Å². The van der Waals surface area contributed by atoms with Crippen LogP contribution in [0.25, 0.3) is 0 Å². The van der Waals surface area contributed by atoms with Gasteiger partial charge in [0.25, 0.3) is 5.91 Å². The lowest BCUT2D eigenvalue weighted by Crippen LogP contribution is -2.38. The first-order valence-electron chi connectivity index (χ1n) is 11.0. The maximum atomic E-state index is 12.8. The summed E-state index contributed by atoms with van der Waals surface area (Å²) in [4.78, 5) is 26.9. The van der Waals surface area contributed by atoms with Gasteiger partial charge in [-0.1, -0.05) is 45.1 Å². The molecule has 0 bridgehead atoms. The van der Waals surface area contributed by atoms with Crippen molar-refractivity contribution in [2.24, 2.45) is 11.8 Å². The zero-order valence-electron chi connectivity index (χ0n) is 17.4. The highest BCUT2D eigenvalue weighted by molar-refractivity contribution is 7.80. The summed E-state index contributed by atoms with van der Waals surface area (Å²) in [5.74, 6) is 1.38. The molecule has 1 saturated heterocycles. The van der Waals surface area contributed by atoms with E-state index >= 15 is 0 Å². The second-order valence-electron chi connectivity index (χ2n) is 8.60. The number of hydrogen-bond acceptors (Lipinski definition) is 3. The maximum absolute atomic E-state index is 12.8. The van der Waals surface area contributed by atoms with Crippen LogP contribution in [0.15, 0.2) is 24.3 Å². The molecule has 2 amide bonds. The molecule has 0 atom stereocenters. The van der Waals surface area contributed by atoms with E-state index < -0.39 is 0 Å². The number of hydrogen-bond donors (Lipinski definition) is 2. The van der Waals surface area contributed by atoms with Gasteiger partial charge in [0.1, 0.15) is 0 Å². The van der Waals surface area contributed by atoms with Crippen LogP contribution in [0.5, 0.6) is 0 Å². The number of piperidine rings is 1. The summed E-state index contributed by atoms with van der Waals surface area (Å²) in [5.41, 5.74) is 1.37. The van der Waals surface area contributed by atoms with Crippen molar-refractivity contribution in [2.75, 3.05) is 18.4 Å². The van der Waals surface area contributed by atoms with Gasteiger partial charge in [-0.05, 0) is 61.5 Å². The van der Waals surface area contributed by atoms with Crippen molar-refractivity contribution in [3.63, 3.8) is 0 Å². The van der Waals surface area contributed by atoms with E-state index in [4.69, 9.17) is 12.2 Å². The van der Waals surface area contributed by atoms with E-state index in [1.807, 2.05) is 23.1 Å². The Morgan fingerprint density at radius 2 is 1.83 bits per heavy atom. The van der Waals surface area contributed by atoms with Gasteiger partial charge in [0.05, 0.1) is 0 Å². The number of thiocarbonyl (C=S) groups is 1. The Morgan fingerprint density at radius 3 is 2.55 bits per heavy atom. The highest BCUT2D eigenvalue weighted by Gasteiger charge is 2.21.